The van der Waals surface area contributed by atoms with Crippen LogP contribution in [0.15, 0.2) is 16.7 Å². The second kappa shape index (κ2) is 8.65. The van der Waals surface area contributed by atoms with E-state index in [9.17, 15) is 9.59 Å². The van der Waals surface area contributed by atoms with Gasteiger partial charge in [0.25, 0.3) is 5.91 Å². The molecule has 6 nitrogen and oxygen atoms in total. The van der Waals surface area contributed by atoms with E-state index < -0.39 is 0 Å². The van der Waals surface area contributed by atoms with E-state index in [-0.39, 0.29) is 18.3 Å². The first-order valence-electron chi connectivity index (χ1n) is 9.97. The van der Waals surface area contributed by atoms with Crippen LogP contribution >= 0.6 is 12.4 Å². The van der Waals surface area contributed by atoms with E-state index in [0.717, 1.165) is 58.4 Å². The standard InChI is InChI=1S/C20H29N3O3.ClH/c1-14-17(7-11-26-14)20(25)22-10-6-18-16(13-22)2-3-19(24)23(18)12-15-4-8-21-9-5-15;/h7,11,15-16,18,21H,2-6,8-10,12-13H2,1H3;1H/t16-,18+;/m0./s1. The molecular formula is C20H30ClN3O3. The van der Waals surface area contributed by atoms with E-state index in [4.69, 9.17) is 4.42 Å². The van der Waals surface area contributed by atoms with Crippen molar-refractivity contribution in [2.45, 2.75) is 45.1 Å². The highest BCUT2D eigenvalue weighted by molar-refractivity contribution is 5.95. The maximum Gasteiger partial charge on any atom is 0.257 e. The van der Waals surface area contributed by atoms with Crippen LogP contribution in [0.3, 0.4) is 0 Å². The molecule has 27 heavy (non-hydrogen) atoms. The minimum Gasteiger partial charge on any atom is -0.469 e. The Hall–Kier alpha value is -1.53. The topological polar surface area (TPSA) is 65.8 Å². The number of nitrogens with one attached hydrogen (secondary N) is 1. The molecule has 2 amide bonds. The molecule has 0 unspecified atom stereocenters. The minimum atomic E-state index is 0. The lowest BCUT2D eigenvalue weighted by Crippen LogP contribution is -2.58. The maximum absolute atomic E-state index is 12.8. The van der Waals surface area contributed by atoms with Gasteiger partial charge in [0.05, 0.1) is 11.8 Å². The Morgan fingerprint density at radius 3 is 2.74 bits per heavy atom. The fraction of sp³-hybridized carbons (Fsp3) is 0.700. The number of likely N-dealkylation sites (tertiary alicyclic amines) is 2. The predicted molar refractivity (Wildman–Crippen MR) is 105 cm³/mol. The quantitative estimate of drug-likeness (QED) is 0.853. The normalized spacial score (nSPS) is 26.5. The lowest BCUT2D eigenvalue weighted by molar-refractivity contribution is -0.141. The number of piperidine rings is 3. The van der Waals surface area contributed by atoms with E-state index in [0.29, 0.717) is 41.5 Å². The largest absolute Gasteiger partial charge is 0.469 e. The molecule has 3 aliphatic rings. The van der Waals surface area contributed by atoms with Crippen LogP contribution in [0, 0.1) is 18.8 Å². The van der Waals surface area contributed by atoms with Crippen LogP contribution in [0.2, 0.25) is 0 Å². The van der Waals surface area contributed by atoms with Gasteiger partial charge in [-0.05, 0) is 63.6 Å². The van der Waals surface area contributed by atoms with Crippen LogP contribution in [0.25, 0.3) is 0 Å². The zero-order valence-electron chi connectivity index (χ0n) is 16.0. The second-order valence-corrected chi connectivity index (χ2v) is 8.04. The average molecular weight is 396 g/mol. The fourth-order valence-electron chi connectivity index (χ4n) is 4.89. The summed E-state index contributed by atoms with van der Waals surface area (Å²) in [6.45, 7) is 6.33. The number of furan rings is 1. The third-order valence-electron chi connectivity index (χ3n) is 6.43. The first-order chi connectivity index (χ1) is 12.6. The van der Waals surface area contributed by atoms with Gasteiger partial charge in [-0.25, -0.2) is 0 Å². The monoisotopic (exact) mass is 395 g/mol. The first-order valence-corrected chi connectivity index (χ1v) is 9.97. The molecule has 1 aromatic rings. The van der Waals surface area contributed by atoms with Crippen molar-refractivity contribution in [1.82, 2.24) is 15.1 Å². The Morgan fingerprint density at radius 1 is 1.26 bits per heavy atom. The molecule has 0 radical (unpaired) electrons. The van der Waals surface area contributed by atoms with E-state index in [1.807, 2.05) is 11.8 Å². The summed E-state index contributed by atoms with van der Waals surface area (Å²) in [5, 5.41) is 3.40. The van der Waals surface area contributed by atoms with Crippen molar-refractivity contribution in [1.29, 1.82) is 0 Å². The molecule has 4 rings (SSSR count). The Morgan fingerprint density at radius 2 is 2.04 bits per heavy atom. The Kier molecular flexibility index (Phi) is 6.48. The number of nitrogens with zero attached hydrogens (tertiary/aromatic N) is 2. The fourth-order valence-corrected chi connectivity index (χ4v) is 4.89. The number of amides is 2. The van der Waals surface area contributed by atoms with Gasteiger partial charge in [-0.2, -0.15) is 0 Å². The molecule has 7 heteroatoms. The van der Waals surface area contributed by atoms with Crippen LogP contribution < -0.4 is 5.32 Å². The van der Waals surface area contributed by atoms with E-state index in [1.54, 1.807) is 12.3 Å². The predicted octanol–water partition coefficient (Wildman–Crippen LogP) is 2.46. The highest BCUT2D eigenvalue weighted by Gasteiger charge is 2.41. The van der Waals surface area contributed by atoms with Gasteiger partial charge < -0.3 is 19.5 Å². The zero-order valence-corrected chi connectivity index (χ0v) is 16.8. The number of carbonyl (C=O) groups excluding carboxylic acids is 2. The zero-order chi connectivity index (χ0) is 18.1. The van der Waals surface area contributed by atoms with Crippen LogP contribution in [0.4, 0.5) is 0 Å². The molecule has 0 bridgehead atoms. The molecule has 150 valence electrons. The summed E-state index contributed by atoms with van der Waals surface area (Å²) in [5.41, 5.74) is 0.668. The van der Waals surface area contributed by atoms with Gasteiger partial charge in [0.15, 0.2) is 0 Å². The Labute approximate surface area is 167 Å². The number of hydrogen-bond donors (Lipinski definition) is 1. The van der Waals surface area contributed by atoms with Crippen molar-refractivity contribution < 1.29 is 14.0 Å². The highest BCUT2D eigenvalue weighted by atomic mass is 35.5. The number of fused-ring (bicyclic) bond motifs is 1. The van der Waals surface area contributed by atoms with E-state index >= 15 is 0 Å². The molecule has 1 N–H and O–H groups in total. The van der Waals surface area contributed by atoms with Crippen LogP contribution in [0.1, 0.15) is 48.2 Å². The number of aryl methyl sites for hydroxylation is 1. The number of hydrogen-bond acceptors (Lipinski definition) is 4. The molecule has 3 fully saturated rings. The maximum atomic E-state index is 12.8. The summed E-state index contributed by atoms with van der Waals surface area (Å²) in [6, 6.07) is 2.07. The summed E-state index contributed by atoms with van der Waals surface area (Å²) in [4.78, 5) is 29.5. The summed E-state index contributed by atoms with van der Waals surface area (Å²) >= 11 is 0. The van der Waals surface area contributed by atoms with Crippen molar-refractivity contribution in [2.24, 2.45) is 11.8 Å². The van der Waals surface area contributed by atoms with Crippen molar-refractivity contribution in [3.8, 4) is 0 Å². The van der Waals surface area contributed by atoms with Gasteiger partial charge in [0, 0.05) is 32.1 Å². The van der Waals surface area contributed by atoms with Crippen LogP contribution in [-0.2, 0) is 4.79 Å². The number of halogens is 1. The number of rotatable bonds is 3. The molecule has 1 aromatic heterocycles. The van der Waals surface area contributed by atoms with Crippen molar-refractivity contribution in [3.63, 3.8) is 0 Å². The van der Waals surface area contributed by atoms with Crippen LogP contribution in [0.5, 0.6) is 0 Å². The SMILES string of the molecule is Cc1occc1C(=O)N1CC[C@@H]2[C@@H](CCC(=O)N2CC2CCNCC2)C1.Cl. The third kappa shape index (κ3) is 4.16. The smallest absolute Gasteiger partial charge is 0.257 e. The molecule has 4 heterocycles. The van der Waals surface area contributed by atoms with E-state index in [1.165, 1.54) is 0 Å². The Balaban J connectivity index is 0.00000210. The number of carbonyl (C=O) groups is 2. The average Bonchev–Trinajstić information content (AvgIpc) is 3.10. The van der Waals surface area contributed by atoms with Gasteiger partial charge in [-0.15, -0.1) is 12.4 Å². The third-order valence-corrected chi connectivity index (χ3v) is 6.43. The molecule has 0 aliphatic carbocycles. The molecular weight excluding hydrogens is 366 g/mol. The molecule has 0 spiro atoms. The minimum absolute atomic E-state index is 0. The molecule has 2 atom stereocenters. The molecule has 0 saturated carbocycles. The Bertz CT molecular complexity index is 671. The lowest BCUT2D eigenvalue weighted by atomic mass is 9.82. The molecule has 0 aromatic carbocycles. The summed E-state index contributed by atoms with van der Waals surface area (Å²) in [5.74, 6) is 2.08. The van der Waals surface area contributed by atoms with Gasteiger partial charge >= 0.3 is 0 Å². The van der Waals surface area contributed by atoms with E-state index in [2.05, 4.69) is 10.2 Å². The van der Waals surface area contributed by atoms with Crippen molar-refractivity contribution in [3.05, 3.63) is 23.7 Å². The summed E-state index contributed by atoms with van der Waals surface area (Å²) in [6.07, 6.45) is 6.32. The molecule has 3 aliphatic heterocycles. The second-order valence-electron chi connectivity index (χ2n) is 8.04. The van der Waals surface area contributed by atoms with Crippen LogP contribution in [-0.4, -0.2) is 60.4 Å². The van der Waals surface area contributed by atoms with Gasteiger partial charge in [0.1, 0.15) is 5.76 Å². The molecule has 3 saturated heterocycles. The highest BCUT2D eigenvalue weighted by Crippen LogP contribution is 2.33. The summed E-state index contributed by atoms with van der Waals surface area (Å²) in [7, 11) is 0. The first kappa shape index (κ1) is 20.2. The van der Waals surface area contributed by atoms with Gasteiger partial charge in [-0.1, -0.05) is 0 Å². The lowest BCUT2D eigenvalue weighted by Gasteiger charge is -2.48. The van der Waals surface area contributed by atoms with Gasteiger partial charge in [0.2, 0.25) is 5.91 Å². The summed E-state index contributed by atoms with van der Waals surface area (Å²) < 4.78 is 5.29. The van der Waals surface area contributed by atoms with Gasteiger partial charge in [-0.3, -0.25) is 9.59 Å². The van der Waals surface area contributed by atoms with Crippen molar-refractivity contribution >= 4 is 24.2 Å². The van der Waals surface area contributed by atoms with Crippen molar-refractivity contribution in [2.75, 3.05) is 32.7 Å².